The molecule has 3 nitrogen and oxygen atoms in total. The highest BCUT2D eigenvalue weighted by molar-refractivity contribution is 4.87. The van der Waals surface area contributed by atoms with Gasteiger partial charge in [0, 0.05) is 13.2 Å². The third-order valence-electron chi connectivity index (χ3n) is 4.08. The summed E-state index contributed by atoms with van der Waals surface area (Å²) < 4.78 is 5.49. The van der Waals surface area contributed by atoms with Gasteiger partial charge >= 0.3 is 0 Å². The molecule has 2 fully saturated rings. The Balaban J connectivity index is 1.72. The van der Waals surface area contributed by atoms with Gasteiger partial charge in [0.1, 0.15) is 0 Å². The molecule has 2 N–H and O–H groups in total. The lowest BCUT2D eigenvalue weighted by atomic mass is 9.98. The standard InChI is InChI=1S/C12H24N2O/c1-9-6-13-7-10(9)8-14-11-4-3-5-12(11)15-2/h9-14H,3-8H2,1-2H3. The summed E-state index contributed by atoms with van der Waals surface area (Å²) in [4.78, 5) is 0. The van der Waals surface area contributed by atoms with E-state index in [9.17, 15) is 0 Å². The van der Waals surface area contributed by atoms with Gasteiger partial charge < -0.3 is 15.4 Å². The van der Waals surface area contributed by atoms with E-state index in [1.54, 1.807) is 0 Å². The summed E-state index contributed by atoms with van der Waals surface area (Å²) in [7, 11) is 1.84. The summed E-state index contributed by atoms with van der Waals surface area (Å²) in [6.07, 6.45) is 4.28. The summed E-state index contributed by atoms with van der Waals surface area (Å²) in [5.74, 6) is 1.63. The molecule has 1 saturated heterocycles. The molecule has 0 aromatic carbocycles. The molecule has 1 aliphatic carbocycles. The summed E-state index contributed by atoms with van der Waals surface area (Å²) in [6.45, 7) is 5.86. The Morgan fingerprint density at radius 3 is 2.87 bits per heavy atom. The van der Waals surface area contributed by atoms with Crippen LogP contribution in [0.2, 0.25) is 0 Å². The van der Waals surface area contributed by atoms with E-state index >= 15 is 0 Å². The van der Waals surface area contributed by atoms with Crippen LogP contribution in [0.1, 0.15) is 26.2 Å². The first kappa shape index (κ1) is 11.4. The van der Waals surface area contributed by atoms with Crippen molar-refractivity contribution in [3.63, 3.8) is 0 Å². The maximum absolute atomic E-state index is 5.49. The predicted molar refractivity (Wildman–Crippen MR) is 62.0 cm³/mol. The van der Waals surface area contributed by atoms with Crippen LogP contribution in [-0.4, -0.2) is 38.9 Å². The van der Waals surface area contributed by atoms with E-state index in [1.165, 1.54) is 32.4 Å². The quantitative estimate of drug-likeness (QED) is 0.729. The largest absolute Gasteiger partial charge is 0.380 e. The topological polar surface area (TPSA) is 33.3 Å². The molecule has 2 aliphatic rings. The van der Waals surface area contributed by atoms with Crippen molar-refractivity contribution >= 4 is 0 Å². The number of rotatable bonds is 4. The Labute approximate surface area is 93.0 Å². The number of hydrogen-bond acceptors (Lipinski definition) is 3. The molecule has 1 heterocycles. The molecule has 0 bridgehead atoms. The Bertz CT molecular complexity index is 198. The van der Waals surface area contributed by atoms with Crippen LogP contribution in [0.3, 0.4) is 0 Å². The number of hydrogen-bond donors (Lipinski definition) is 2. The SMILES string of the molecule is COC1CCCC1NCC1CNCC1C. The van der Waals surface area contributed by atoms with Crippen LogP contribution in [-0.2, 0) is 4.74 Å². The monoisotopic (exact) mass is 212 g/mol. The minimum atomic E-state index is 0.453. The van der Waals surface area contributed by atoms with Gasteiger partial charge in [0.05, 0.1) is 6.10 Å². The molecule has 15 heavy (non-hydrogen) atoms. The van der Waals surface area contributed by atoms with Gasteiger partial charge in [0.2, 0.25) is 0 Å². The molecule has 0 aromatic rings. The van der Waals surface area contributed by atoms with Crippen LogP contribution >= 0.6 is 0 Å². The molecule has 2 rings (SSSR count). The normalized spacial score (nSPS) is 41.2. The lowest BCUT2D eigenvalue weighted by Crippen LogP contribution is -2.40. The van der Waals surface area contributed by atoms with Crippen molar-refractivity contribution in [2.75, 3.05) is 26.7 Å². The second-order valence-corrected chi connectivity index (χ2v) is 5.12. The zero-order valence-corrected chi connectivity index (χ0v) is 9.96. The third kappa shape index (κ3) is 2.71. The van der Waals surface area contributed by atoms with Gasteiger partial charge in [-0.1, -0.05) is 6.92 Å². The second-order valence-electron chi connectivity index (χ2n) is 5.12. The van der Waals surface area contributed by atoms with Crippen molar-refractivity contribution in [2.24, 2.45) is 11.8 Å². The van der Waals surface area contributed by atoms with Crippen molar-refractivity contribution in [3.05, 3.63) is 0 Å². The molecule has 1 saturated carbocycles. The molecular formula is C12H24N2O. The van der Waals surface area contributed by atoms with Gasteiger partial charge in [0.25, 0.3) is 0 Å². The van der Waals surface area contributed by atoms with Crippen LogP contribution in [0, 0.1) is 11.8 Å². The van der Waals surface area contributed by atoms with Crippen molar-refractivity contribution < 1.29 is 4.74 Å². The minimum absolute atomic E-state index is 0.453. The summed E-state index contributed by atoms with van der Waals surface area (Å²) in [5.41, 5.74) is 0. The smallest absolute Gasteiger partial charge is 0.0724 e. The maximum atomic E-state index is 5.49. The van der Waals surface area contributed by atoms with E-state index in [4.69, 9.17) is 4.74 Å². The molecule has 0 aromatic heterocycles. The van der Waals surface area contributed by atoms with E-state index in [0.717, 1.165) is 18.4 Å². The van der Waals surface area contributed by atoms with Gasteiger partial charge in [-0.05, 0) is 50.7 Å². The van der Waals surface area contributed by atoms with Crippen LogP contribution in [0.5, 0.6) is 0 Å². The lowest BCUT2D eigenvalue weighted by molar-refractivity contribution is 0.0835. The van der Waals surface area contributed by atoms with E-state index in [2.05, 4.69) is 17.6 Å². The zero-order chi connectivity index (χ0) is 10.7. The van der Waals surface area contributed by atoms with Gasteiger partial charge in [0.15, 0.2) is 0 Å². The molecule has 4 atom stereocenters. The van der Waals surface area contributed by atoms with E-state index in [-0.39, 0.29) is 0 Å². The van der Waals surface area contributed by atoms with Gasteiger partial charge in [-0.3, -0.25) is 0 Å². The molecule has 3 heteroatoms. The zero-order valence-electron chi connectivity index (χ0n) is 9.96. The van der Waals surface area contributed by atoms with Crippen LogP contribution < -0.4 is 10.6 Å². The highest BCUT2D eigenvalue weighted by atomic mass is 16.5. The second kappa shape index (κ2) is 5.28. The van der Waals surface area contributed by atoms with Gasteiger partial charge in [-0.2, -0.15) is 0 Å². The van der Waals surface area contributed by atoms with Crippen LogP contribution in [0.15, 0.2) is 0 Å². The van der Waals surface area contributed by atoms with E-state index < -0.39 is 0 Å². The minimum Gasteiger partial charge on any atom is -0.380 e. The molecule has 0 spiro atoms. The fourth-order valence-electron chi connectivity index (χ4n) is 2.88. The average molecular weight is 212 g/mol. The molecular weight excluding hydrogens is 188 g/mol. The fraction of sp³-hybridized carbons (Fsp3) is 1.00. The highest BCUT2D eigenvalue weighted by Gasteiger charge is 2.29. The summed E-state index contributed by atoms with van der Waals surface area (Å²) >= 11 is 0. The molecule has 4 unspecified atom stereocenters. The van der Waals surface area contributed by atoms with Crippen LogP contribution in [0.25, 0.3) is 0 Å². The summed E-state index contributed by atoms with van der Waals surface area (Å²) in [6, 6.07) is 0.600. The first-order valence-corrected chi connectivity index (χ1v) is 6.28. The Hall–Kier alpha value is -0.120. The first-order valence-electron chi connectivity index (χ1n) is 6.28. The fourth-order valence-corrected chi connectivity index (χ4v) is 2.88. The predicted octanol–water partition coefficient (Wildman–Crippen LogP) is 0.999. The number of ether oxygens (including phenoxy) is 1. The third-order valence-corrected chi connectivity index (χ3v) is 4.08. The van der Waals surface area contributed by atoms with E-state index in [1.807, 2.05) is 7.11 Å². The number of methoxy groups -OCH3 is 1. The van der Waals surface area contributed by atoms with Crippen molar-refractivity contribution in [3.8, 4) is 0 Å². The molecule has 1 aliphatic heterocycles. The Morgan fingerprint density at radius 1 is 1.33 bits per heavy atom. The van der Waals surface area contributed by atoms with Crippen molar-refractivity contribution in [2.45, 2.75) is 38.3 Å². The lowest BCUT2D eigenvalue weighted by Gasteiger charge is -2.23. The number of nitrogens with one attached hydrogen (secondary N) is 2. The summed E-state index contributed by atoms with van der Waals surface area (Å²) in [5, 5.41) is 7.14. The van der Waals surface area contributed by atoms with Crippen molar-refractivity contribution in [1.82, 2.24) is 10.6 Å². The maximum Gasteiger partial charge on any atom is 0.0724 e. The van der Waals surface area contributed by atoms with Crippen LogP contribution in [0.4, 0.5) is 0 Å². The van der Waals surface area contributed by atoms with Crippen molar-refractivity contribution in [1.29, 1.82) is 0 Å². The molecule has 88 valence electrons. The van der Waals surface area contributed by atoms with Gasteiger partial charge in [-0.15, -0.1) is 0 Å². The highest BCUT2D eigenvalue weighted by Crippen LogP contribution is 2.22. The first-order chi connectivity index (χ1) is 7.31. The average Bonchev–Trinajstić information content (AvgIpc) is 2.83. The van der Waals surface area contributed by atoms with Gasteiger partial charge in [-0.25, -0.2) is 0 Å². The Kier molecular flexibility index (Phi) is 4.00. The molecule has 0 radical (unpaired) electrons. The van der Waals surface area contributed by atoms with E-state index in [0.29, 0.717) is 12.1 Å². The molecule has 0 amide bonds. The Morgan fingerprint density at radius 2 is 2.20 bits per heavy atom.